The summed E-state index contributed by atoms with van der Waals surface area (Å²) in [7, 11) is 0. The number of carbonyl (C=O) groups is 3. The predicted octanol–water partition coefficient (Wildman–Crippen LogP) is 2.99. The van der Waals surface area contributed by atoms with Crippen LogP contribution in [0.15, 0.2) is 48.5 Å². The first-order valence-electron chi connectivity index (χ1n) is 9.11. The maximum absolute atomic E-state index is 12.2. The number of hydrogen-bond acceptors (Lipinski definition) is 6. The molecule has 154 valence electrons. The summed E-state index contributed by atoms with van der Waals surface area (Å²) in [6.45, 7) is 5.00. The second-order valence-electron chi connectivity index (χ2n) is 6.07. The molecule has 1 atom stereocenters. The Labute approximate surface area is 169 Å². The summed E-state index contributed by atoms with van der Waals surface area (Å²) >= 11 is 0. The number of rotatable bonds is 9. The largest absolute Gasteiger partial charge is 0.494 e. The monoisotopic (exact) mass is 400 g/mol. The molecule has 0 aliphatic rings. The third-order valence-electron chi connectivity index (χ3n) is 3.64. The molecule has 29 heavy (non-hydrogen) atoms. The second kappa shape index (κ2) is 10.7. The molecule has 0 radical (unpaired) electrons. The normalized spacial score (nSPS) is 11.1. The highest BCUT2D eigenvalue weighted by Crippen LogP contribution is 2.17. The number of ether oxygens (including phenoxy) is 3. The van der Waals surface area contributed by atoms with Gasteiger partial charge in [0.15, 0.2) is 12.7 Å². The molecule has 0 bridgehead atoms. The van der Waals surface area contributed by atoms with Crippen molar-refractivity contribution in [3.8, 4) is 11.5 Å². The van der Waals surface area contributed by atoms with Crippen molar-refractivity contribution < 1.29 is 28.6 Å². The summed E-state index contributed by atoms with van der Waals surface area (Å²) in [5.74, 6) is -0.136. The van der Waals surface area contributed by atoms with Gasteiger partial charge in [-0.1, -0.05) is 0 Å². The van der Waals surface area contributed by atoms with Crippen LogP contribution in [0.3, 0.4) is 0 Å². The van der Waals surface area contributed by atoms with Gasteiger partial charge in [0.25, 0.3) is 5.91 Å². The number of nitrogens with one attached hydrogen (secondary N) is 2. The fourth-order valence-corrected chi connectivity index (χ4v) is 2.31. The van der Waals surface area contributed by atoms with Gasteiger partial charge >= 0.3 is 5.97 Å². The van der Waals surface area contributed by atoms with Crippen molar-refractivity contribution in [2.24, 2.45) is 0 Å². The van der Waals surface area contributed by atoms with Crippen molar-refractivity contribution in [2.75, 3.05) is 23.8 Å². The minimum Gasteiger partial charge on any atom is -0.494 e. The smallest absolute Gasteiger partial charge is 0.344 e. The van der Waals surface area contributed by atoms with E-state index in [-0.39, 0.29) is 12.5 Å². The van der Waals surface area contributed by atoms with Gasteiger partial charge in [-0.25, -0.2) is 4.79 Å². The Bertz CT molecular complexity index is 833. The maximum atomic E-state index is 12.2. The average Bonchev–Trinajstić information content (AvgIpc) is 2.68. The number of esters is 1. The van der Waals surface area contributed by atoms with E-state index < -0.39 is 18.0 Å². The van der Waals surface area contributed by atoms with Gasteiger partial charge in [-0.3, -0.25) is 9.59 Å². The Morgan fingerprint density at radius 1 is 0.862 bits per heavy atom. The van der Waals surface area contributed by atoms with Crippen LogP contribution in [0.5, 0.6) is 11.5 Å². The first-order chi connectivity index (χ1) is 13.9. The van der Waals surface area contributed by atoms with E-state index in [1.54, 1.807) is 48.5 Å². The molecule has 0 spiro atoms. The van der Waals surface area contributed by atoms with Crippen LogP contribution in [0.4, 0.5) is 11.4 Å². The van der Waals surface area contributed by atoms with Gasteiger partial charge in [0.05, 0.1) is 6.61 Å². The minimum absolute atomic E-state index is 0.185. The Hall–Kier alpha value is -3.55. The van der Waals surface area contributed by atoms with E-state index in [0.29, 0.717) is 29.5 Å². The fraction of sp³-hybridized carbons (Fsp3) is 0.286. The predicted molar refractivity (Wildman–Crippen MR) is 108 cm³/mol. The lowest BCUT2D eigenvalue weighted by molar-refractivity contribution is -0.155. The Balaban J connectivity index is 1.77. The lowest BCUT2D eigenvalue weighted by atomic mass is 10.2. The molecule has 2 rings (SSSR count). The standard InChI is InChI=1S/C21H24N2O6/c1-4-27-18-9-11-19(12-10-18)28-13-20(25)29-14(2)21(26)23-17-7-5-16(6-8-17)22-15(3)24/h5-12,14H,4,13H2,1-3H3,(H,22,24)(H,23,26)/t14-/m1/s1. The molecule has 0 aliphatic carbocycles. The maximum Gasteiger partial charge on any atom is 0.344 e. The molecule has 0 saturated heterocycles. The van der Waals surface area contributed by atoms with Gasteiger partial charge in [-0.2, -0.15) is 0 Å². The zero-order valence-corrected chi connectivity index (χ0v) is 16.6. The Morgan fingerprint density at radius 3 is 1.90 bits per heavy atom. The zero-order chi connectivity index (χ0) is 21.2. The van der Waals surface area contributed by atoms with Crippen molar-refractivity contribution in [3.05, 3.63) is 48.5 Å². The van der Waals surface area contributed by atoms with Crippen molar-refractivity contribution in [1.29, 1.82) is 0 Å². The first kappa shape index (κ1) is 21.7. The van der Waals surface area contributed by atoms with Crippen molar-refractivity contribution >= 4 is 29.2 Å². The number of anilines is 2. The number of hydrogen-bond donors (Lipinski definition) is 2. The lowest BCUT2D eigenvalue weighted by Gasteiger charge is -2.14. The third kappa shape index (κ3) is 7.53. The number of benzene rings is 2. The van der Waals surface area contributed by atoms with Crippen LogP contribution in [-0.2, 0) is 19.1 Å². The van der Waals surface area contributed by atoms with Crippen LogP contribution in [0.1, 0.15) is 20.8 Å². The molecule has 0 fully saturated rings. The summed E-state index contributed by atoms with van der Waals surface area (Å²) < 4.78 is 15.8. The highest BCUT2D eigenvalue weighted by atomic mass is 16.6. The van der Waals surface area contributed by atoms with Gasteiger partial charge in [-0.05, 0) is 62.4 Å². The van der Waals surface area contributed by atoms with E-state index in [1.807, 2.05) is 6.92 Å². The Kier molecular flexibility index (Phi) is 8.02. The number of amides is 2. The summed E-state index contributed by atoms with van der Waals surface area (Å²) in [5.41, 5.74) is 1.12. The molecular weight excluding hydrogens is 376 g/mol. The van der Waals surface area contributed by atoms with E-state index in [4.69, 9.17) is 14.2 Å². The van der Waals surface area contributed by atoms with Crippen LogP contribution < -0.4 is 20.1 Å². The molecule has 8 nitrogen and oxygen atoms in total. The molecule has 2 N–H and O–H groups in total. The SMILES string of the molecule is CCOc1ccc(OCC(=O)O[C@H](C)C(=O)Nc2ccc(NC(C)=O)cc2)cc1. The van der Waals surface area contributed by atoms with Gasteiger partial charge in [0, 0.05) is 18.3 Å². The molecular formula is C21H24N2O6. The highest BCUT2D eigenvalue weighted by Gasteiger charge is 2.18. The fourth-order valence-electron chi connectivity index (χ4n) is 2.31. The highest BCUT2D eigenvalue weighted by molar-refractivity contribution is 5.95. The van der Waals surface area contributed by atoms with Crippen molar-refractivity contribution in [3.63, 3.8) is 0 Å². The molecule has 0 unspecified atom stereocenters. The van der Waals surface area contributed by atoms with E-state index in [9.17, 15) is 14.4 Å². The summed E-state index contributed by atoms with van der Waals surface area (Å²) in [6.07, 6.45) is -0.999. The first-order valence-corrected chi connectivity index (χ1v) is 9.11. The van der Waals surface area contributed by atoms with Crippen LogP contribution in [-0.4, -0.2) is 37.1 Å². The average molecular weight is 400 g/mol. The van der Waals surface area contributed by atoms with Gasteiger partial charge in [0.1, 0.15) is 11.5 Å². The van der Waals surface area contributed by atoms with E-state index in [2.05, 4.69) is 10.6 Å². The lowest BCUT2D eigenvalue weighted by Crippen LogP contribution is -2.31. The summed E-state index contributed by atoms with van der Waals surface area (Å²) in [5, 5.41) is 5.27. The van der Waals surface area contributed by atoms with Gasteiger partial charge in [-0.15, -0.1) is 0 Å². The van der Waals surface area contributed by atoms with Gasteiger partial charge in [0.2, 0.25) is 5.91 Å². The second-order valence-corrected chi connectivity index (χ2v) is 6.07. The topological polar surface area (TPSA) is 103 Å². The molecule has 0 saturated carbocycles. The van der Waals surface area contributed by atoms with Crippen LogP contribution in [0, 0.1) is 0 Å². The van der Waals surface area contributed by atoms with E-state index >= 15 is 0 Å². The summed E-state index contributed by atoms with van der Waals surface area (Å²) in [4.78, 5) is 35.1. The third-order valence-corrected chi connectivity index (χ3v) is 3.64. The molecule has 0 aromatic heterocycles. The zero-order valence-electron chi connectivity index (χ0n) is 16.6. The van der Waals surface area contributed by atoms with Crippen LogP contribution in [0.2, 0.25) is 0 Å². The van der Waals surface area contributed by atoms with Crippen LogP contribution in [0.25, 0.3) is 0 Å². The summed E-state index contributed by atoms with van der Waals surface area (Å²) in [6, 6.07) is 13.4. The van der Waals surface area contributed by atoms with Crippen molar-refractivity contribution in [2.45, 2.75) is 26.9 Å². The van der Waals surface area contributed by atoms with E-state index in [0.717, 1.165) is 0 Å². The molecule has 0 aliphatic heterocycles. The molecule has 0 heterocycles. The quantitative estimate of drug-likeness (QED) is 0.627. The van der Waals surface area contributed by atoms with E-state index in [1.165, 1.54) is 13.8 Å². The molecule has 2 amide bonds. The van der Waals surface area contributed by atoms with Crippen molar-refractivity contribution in [1.82, 2.24) is 0 Å². The van der Waals surface area contributed by atoms with Gasteiger partial charge < -0.3 is 24.8 Å². The molecule has 8 heteroatoms. The molecule has 2 aromatic carbocycles. The Morgan fingerprint density at radius 2 is 1.38 bits per heavy atom. The number of carbonyl (C=O) groups excluding carboxylic acids is 3. The van der Waals surface area contributed by atoms with Crippen LogP contribution >= 0.6 is 0 Å². The molecule has 2 aromatic rings. The minimum atomic E-state index is -0.999.